The number of benzene rings is 1. The van der Waals surface area contributed by atoms with Crippen molar-refractivity contribution in [3.8, 4) is 5.75 Å². The smallest absolute Gasteiger partial charge is 0.269 e. The second kappa shape index (κ2) is 9.39. The molecule has 150 valence electrons. The number of phenolic OH excluding ortho intramolecular Hbond substituents is 1. The highest BCUT2D eigenvalue weighted by Gasteiger charge is 2.31. The van der Waals surface area contributed by atoms with E-state index >= 15 is 0 Å². The van der Waals surface area contributed by atoms with Gasteiger partial charge in [0.25, 0.3) is 11.8 Å². The van der Waals surface area contributed by atoms with Gasteiger partial charge in [-0.05, 0) is 36.8 Å². The molecule has 1 aromatic carbocycles. The normalized spacial score (nSPS) is 15.0. The molecule has 0 bridgehead atoms. The number of aromatic hydroxyl groups is 1. The molecule has 2 heterocycles. The van der Waals surface area contributed by atoms with Crippen molar-refractivity contribution in [3.63, 3.8) is 0 Å². The summed E-state index contributed by atoms with van der Waals surface area (Å²) in [6.45, 7) is 0.286. The van der Waals surface area contributed by atoms with Crippen molar-refractivity contribution in [2.45, 2.75) is 12.8 Å². The van der Waals surface area contributed by atoms with E-state index in [0.29, 0.717) is 21.4 Å². The van der Waals surface area contributed by atoms with E-state index in [1.54, 1.807) is 18.2 Å². The first-order valence-corrected chi connectivity index (χ1v) is 9.83. The molecular formula is C19H17N3O5S2. The third kappa shape index (κ3) is 5.46. The number of nitrogens with zero attached hydrogens (tertiary/aromatic N) is 1. The van der Waals surface area contributed by atoms with Crippen LogP contribution < -0.4 is 10.9 Å². The van der Waals surface area contributed by atoms with E-state index in [-0.39, 0.29) is 30.2 Å². The molecule has 8 nitrogen and oxygen atoms in total. The summed E-state index contributed by atoms with van der Waals surface area (Å²) >= 11 is 6.42. The van der Waals surface area contributed by atoms with Crippen LogP contribution in [0.25, 0.3) is 6.08 Å². The van der Waals surface area contributed by atoms with Crippen LogP contribution in [0.1, 0.15) is 29.0 Å². The van der Waals surface area contributed by atoms with Crippen molar-refractivity contribution < 1.29 is 23.9 Å². The maximum absolute atomic E-state index is 12.4. The highest BCUT2D eigenvalue weighted by Crippen LogP contribution is 2.32. The number of nitrogens with one attached hydrogen (secondary N) is 2. The standard InChI is InChI=1S/C19H17N3O5S2/c23-13-5-1-4-12(10-13)17(25)21-20-16(24)7-2-8-22-18(26)15(29-19(22)28)11-14-6-3-9-27-14/h1,3-6,9-11,23H,2,7-8H2,(H,20,24)(H,21,25). The van der Waals surface area contributed by atoms with Crippen LogP contribution in [0, 0.1) is 0 Å². The molecule has 2 aromatic rings. The van der Waals surface area contributed by atoms with Crippen LogP contribution in [0.3, 0.4) is 0 Å². The SMILES string of the molecule is O=C(CCCN1C(=O)C(=Cc2ccco2)SC1=S)NNC(=O)c1cccc(O)c1. The van der Waals surface area contributed by atoms with Gasteiger partial charge in [0.1, 0.15) is 15.8 Å². The second-order valence-corrected chi connectivity index (χ2v) is 7.68. The van der Waals surface area contributed by atoms with Crippen molar-refractivity contribution >= 4 is 52.1 Å². The molecular weight excluding hydrogens is 414 g/mol. The largest absolute Gasteiger partial charge is 0.508 e. The van der Waals surface area contributed by atoms with Crippen LogP contribution in [0.15, 0.2) is 52.0 Å². The van der Waals surface area contributed by atoms with Gasteiger partial charge in [-0.2, -0.15) is 0 Å². The summed E-state index contributed by atoms with van der Waals surface area (Å²) in [5, 5.41) is 9.37. The van der Waals surface area contributed by atoms with E-state index in [1.807, 2.05) is 0 Å². The van der Waals surface area contributed by atoms with Crippen molar-refractivity contribution in [1.82, 2.24) is 15.8 Å². The molecule has 10 heteroatoms. The van der Waals surface area contributed by atoms with Crippen molar-refractivity contribution in [2.24, 2.45) is 0 Å². The summed E-state index contributed by atoms with van der Waals surface area (Å²) in [6.07, 6.45) is 3.61. The first-order valence-electron chi connectivity index (χ1n) is 8.61. The fraction of sp³-hybridized carbons (Fsp3) is 0.158. The fourth-order valence-corrected chi connectivity index (χ4v) is 3.79. The third-order valence-corrected chi connectivity index (χ3v) is 5.28. The van der Waals surface area contributed by atoms with E-state index in [9.17, 15) is 19.5 Å². The van der Waals surface area contributed by atoms with Gasteiger partial charge in [-0.25, -0.2) is 0 Å². The lowest BCUT2D eigenvalue weighted by Crippen LogP contribution is -2.41. The Labute approximate surface area is 175 Å². The summed E-state index contributed by atoms with van der Waals surface area (Å²) in [5.74, 6) is -0.667. The summed E-state index contributed by atoms with van der Waals surface area (Å²) in [4.78, 5) is 38.2. The Morgan fingerprint density at radius 1 is 1.24 bits per heavy atom. The zero-order valence-electron chi connectivity index (χ0n) is 15.1. The van der Waals surface area contributed by atoms with E-state index in [2.05, 4.69) is 10.9 Å². The minimum Gasteiger partial charge on any atom is -0.508 e. The van der Waals surface area contributed by atoms with Crippen LogP contribution in [0.4, 0.5) is 0 Å². The number of hydrazine groups is 1. The Kier molecular flexibility index (Phi) is 6.68. The first kappa shape index (κ1) is 20.6. The lowest BCUT2D eigenvalue weighted by Gasteiger charge is -2.14. The van der Waals surface area contributed by atoms with Gasteiger partial charge >= 0.3 is 0 Å². The topological polar surface area (TPSA) is 112 Å². The molecule has 1 aliphatic heterocycles. The summed E-state index contributed by atoms with van der Waals surface area (Å²) in [7, 11) is 0. The predicted octanol–water partition coefficient (Wildman–Crippen LogP) is 2.43. The van der Waals surface area contributed by atoms with Gasteiger partial charge in [0, 0.05) is 24.6 Å². The number of thiocarbonyl (C=S) groups is 1. The number of hydrogen-bond acceptors (Lipinski definition) is 7. The Morgan fingerprint density at radius 3 is 2.79 bits per heavy atom. The molecule has 0 aliphatic carbocycles. The molecule has 0 saturated carbocycles. The average Bonchev–Trinajstić information content (AvgIpc) is 3.30. The number of phenols is 1. The lowest BCUT2D eigenvalue weighted by atomic mass is 10.2. The first-order chi connectivity index (χ1) is 13.9. The highest BCUT2D eigenvalue weighted by atomic mass is 32.2. The molecule has 0 radical (unpaired) electrons. The number of amides is 3. The quantitative estimate of drug-likeness (QED) is 0.366. The molecule has 3 N–H and O–H groups in total. The van der Waals surface area contributed by atoms with Gasteiger partial charge < -0.3 is 9.52 Å². The number of rotatable bonds is 6. The zero-order chi connectivity index (χ0) is 20.8. The lowest BCUT2D eigenvalue weighted by molar-refractivity contribution is -0.124. The molecule has 0 spiro atoms. The second-order valence-electron chi connectivity index (χ2n) is 6.00. The number of hydrogen-bond donors (Lipinski definition) is 3. The Balaban J connectivity index is 1.43. The third-order valence-electron chi connectivity index (χ3n) is 3.90. The molecule has 29 heavy (non-hydrogen) atoms. The van der Waals surface area contributed by atoms with Crippen LogP contribution in [-0.2, 0) is 9.59 Å². The van der Waals surface area contributed by atoms with Crippen LogP contribution >= 0.6 is 24.0 Å². The zero-order valence-corrected chi connectivity index (χ0v) is 16.7. The van der Waals surface area contributed by atoms with Crippen molar-refractivity contribution in [1.29, 1.82) is 0 Å². The number of thioether (sulfide) groups is 1. The van der Waals surface area contributed by atoms with Crippen molar-refractivity contribution in [3.05, 3.63) is 58.9 Å². The van der Waals surface area contributed by atoms with Gasteiger partial charge in [0.05, 0.1) is 11.2 Å². The summed E-state index contributed by atoms with van der Waals surface area (Å²) in [5.41, 5.74) is 4.79. The predicted molar refractivity (Wildman–Crippen MR) is 112 cm³/mol. The Bertz CT molecular complexity index is 972. The number of carbonyl (C=O) groups excluding carboxylic acids is 3. The molecule has 0 atom stereocenters. The van der Waals surface area contributed by atoms with Gasteiger partial charge in [-0.3, -0.25) is 30.1 Å². The molecule has 3 amide bonds. The van der Waals surface area contributed by atoms with Crippen LogP contribution in [0.2, 0.25) is 0 Å². The van der Waals surface area contributed by atoms with Gasteiger partial charge in [0.2, 0.25) is 5.91 Å². The Hall–Kier alpha value is -3.11. The monoisotopic (exact) mass is 431 g/mol. The van der Waals surface area contributed by atoms with E-state index in [1.165, 1.54) is 47.2 Å². The van der Waals surface area contributed by atoms with Crippen molar-refractivity contribution in [2.75, 3.05) is 6.54 Å². The molecule has 3 rings (SSSR count). The maximum Gasteiger partial charge on any atom is 0.269 e. The maximum atomic E-state index is 12.4. The highest BCUT2D eigenvalue weighted by molar-refractivity contribution is 8.26. The van der Waals surface area contributed by atoms with E-state index in [4.69, 9.17) is 16.6 Å². The summed E-state index contributed by atoms with van der Waals surface area (Å²) < 4.78 is 5.63. The Morgan fingerprint density at radius 2 is 2.07 bits per heavy atom. The average molecular weight is 431 g/mol. The number of carbonyl (C=O) groups is 3. The molecule has 1 aliphatic rings. The van der Waals surface area contributed by atoms with E-state index < -0.39 is 11.8 Å². The van der Waals surface area contributed by atoms with Gasteiger partial charge in [-0.1, -0.05) is 30.0 Å². The van der Waals surface area contributed by atoms with Gasteiger partial charge in [-0.15, -0.1) is 0 Å². The molecule has 0 unspecified atom stereocenters. The molecule has 1 saturated heterocycles. The van der Waals surface area contributed by atoms with Crippen LogP contribution in [-0.4, -0.2) is 38.6 Å². The molecule has 1 fully saturated rings. The van der Waals surface area contributed by atoms with Gasteiger partial charge in [0.15, 0.2) is 0 Å². The minimum absolute atomic E-state index is 0.0476. The fourth-order valence-electron chi connectivity index (χ4n) is 2.50. The van der Waals surface area contributed by atoms with E-state index in [0.717, 1.165) is 0 Å². The van der Waals surface area contributed by atoms with Crippen LogP contribution in [0.5, 0.6) is 5.75 Å². The minimum atomic E-state index is -0.547. The number of furan rings is 1. The summed E-state index contributed by atoms with van der Waals surface area (Å²) in [6, 6.07) is 9.22. The molecule has 1 aromatic heterocycles.